The maximum absolute atomic E-state index is 12.5. The van der Waals surface area contributed by atoms with Gasteiger partial charge in [-0.2, -0.15) is 0 Å². The molecule has 0 radical (unpaired) electrons. The van der Waals surface area contributed by atoms with Gasteiger partial charge < -0.3 is 19.7 Å². The van der Waals surface area contributed by atoms with Crippen LogP contribution in [0.1, 0.15) is 21.5 Å². The van der Waals surface area contributed by atoms with Crippen molar-refractivity contribution in [3.8, 4) is 11.5 Å². The minimum absolute atomic E-state index is 0.0228. The predicted octanol–water partition coefficient (Wildman–Crippen LogP) is 1.80. The van der Waals surface area contributed by atoms with E-state index in [1.807, 2.05) is 48.2 Å². The van der Waals surface area contributed by atoms with Gasteiger partial charge in [0.25, 0.3) is 5.91 Å². The second-order valence-corrected chi connectivity index (χ2v) is 7.40. The van der Waals surface area contributed by atoms with Crippen molar-refractivity contribution in [1.29, 1.82) is 0 Å². The van der Waals surface area contributed by atoms with Gasteiger partial charge in [0.05, 0.1) is 6.54 Å². The summed E-state index contributed by atoms with van der Waals surface area (Å²) in [7, 11) is 0. The standard InChI is InChI=1S/C22H25N3O4/c1-16-3-2-4-18(11-16)22(27)23-13-21(26)25-9-7-24(8-10-25)14-17-5-6-19-20(12-17)29-15-28-19/h2-6,11-12H,7-10,13-15H2,1H3,(H,23,27). The molecule has 1 fully saturated rings. The maximum Gasteiger partial charge on any atom is 0.251 e. The van der Waals surface area contributed by atoms with Crippen LogP contribution in [0.5, 0.6) is 11.5 Å². The molecule has 2 aromatic rings. The number of piperazine rings is 1. The largest absolute Gasteiger partial charge is 0.454 e. The molecule has 2 amide bonds. The molecular formula is C22H25N3O4. The van der Waals surface area contributed by atoms with E-state index < -0.39 is 0 Å². The zero-order valence-electron chi connectivity index (χ0n) is 16.5. The van der Waals surface area contributed by atoms with Crippen LogP contribution in [-0.2, 0) is 11.3 Å². The quantitative estimate of drug-likeness (QED) is 0.836. The molecule has 152 valence electrons. The van der Waals surface area contributed by atoms with E-state index in [-0.39, 0.29) is 25.2 Å². The van der Waals surface area contributed by atoms with Crippen LogP contribution in [0.3, 0.4) is 0 Å². The molecule has 2 aliphatic rings. The van der Waals surface area contributed by atoms with Crippen molar-refractivity contribution in [3.05, 3.63) is 59.2 Å². The smallest absolute Gasteiger partial charge is 0.251 e. The Morgan fingerprint density at radius 1 is 1.00 bits per heavy atom. The molecule has 7 heteroatoms. The van der Waals surface area contributed by atoms with Crippen LogP contribution in [0.2, 0.25) is 0 Å². The first-order valence-corrected chi connectivity index (χ1v) is 9.82. The van der Waals surface area contributed by atoms with Crippen molar-refractivity contribution < 1.29 is 19.1 Å². The van der Waals surface area contributed by atoms with Crippen molar-refractivity contribution in [3.63, 3.8) is 0 Å². The molecular weight excluding hydrogens is 370 g/mol. The summed E-state index contributed by atoms with van der Waals surface area (Å²) in [6.07, 6.45) is 0. The Morgan fingerprint density at radius 2 is 1.79 bits per heavy atom. The highest BCUT2D eigenvalue weighted by molar-refractivity contribution is 5.96. The Labute approximate surface area is 170 Å². The monoisotopic (exact) mass is 395 g/mol. The second-order valence-electron chi connectivity index (χ2n) is 7.40. The molecule has 0 bridgehead atoms. The van der Waals surface area contributed by atoms with Crippen LogP contribution in [-0.4, -0.2) is 61.1 Å². The minimum atomic E-state index is -0.219. The van der Waals surface area contributed by atoms with E-state index in [1.165, 1.54) is 5.56 Å². The molecule has 2 aliphatic heterocycles. The van der Waals surface area contributed by atoms with Crippen LogP contribution >= 0.6 is 0 Å². The van der Waals surface area contributed by atoms with Gasteiger partial charge >= 0.3 is 0 Å². The van der Waals surface area contributed by atoms with Crippen molar-refractivity contribution in [2.45, 2.75) is 13.5 Å². The number of benzene rings is 2. The summed E-state index contributed by atoms with van der Waals surface area (Å²) in [4.78, 5) is 28.8. The van der Waals surface area contributed by atoms with Gasteiger partial charge in [-0.3, -0.25) is 14.5 Å². The van der Waals surface area contributed by atoms with Crippen LogP contribution in [0.15, 0.2) is 42.5 Å². The van der Waals surface area contributed by atoms with Gasteiger partial charge in [0.15, 0.2) is 11.5 Å². The number of nitrogens with one attached hydrogen (secondary N) is 1. The summed E-state index contributed by atoms with van der Waals surface area (Å²) >= 11 is 0. The fourth-order valence-corrected chi connectivity index (χ4v) is 3.61. The molecule has 1 saturated heterocycles. The van der Waals surface area contributed by atoms with Gasteiger partial charge in [-0.1, -0.05) is 23.8 Å². The maximum atomic E-state index is 12.5. The number of ether oxygens (including phenoxy) is 2. The van der Waals surface area contributed by atoms with Gasteiger partial charge in [0.1, 0.15) is 0 Å². The van der Waals surface area contributed by atoms with Gasteiger partial charge in [-0.15, -0.1) is 0 Å². The van der Waals surface area contributed by atoms with Crippen molar-refractivity contribution in [1.82, 2.24) is 15.1 Å². The number of hydrogen-bond donors (Lipinski definition) is 1. The molecule has 1 N–H and O–H groups in total. The fourth-order valence-electron chi connectivity index (χ4n) is 3.61. The van der Waals surface area contributed by atoms with Crippen molar-refractivity contribution in [2.24, 2.45) is 0 Å². The normalized spacial score (nSPS) is 16.0. The zero-order chi connectivity index (χ0) is 20.2. The summed E-state index contributed by atoms with van der Waals surface area (Å²) in [6, 6.07) is 13.3. The molecule has 2 heterocycles. The minimum Gasteiger partial charge on any atom is -0.454 e. The molecule has 0 atom stereocenters. The topological polar surface area (TPSA) is 71.1 Å². The van der Waals surface area contributed by atoms with Crippen LogP contribution in [0, 0.1) is 6.92 Å². The third-order valence-electron chi connectivity index (χ3n) is 5.25. The lowest BCUT2D eigenvalue weighted by Crippen LogP contribution is -2.50. The molecule has 4 rings (SSSR count). The summed E-state index contributed by atoms with van der Waals surface area (Å²) in [5.74, 6) is 1.31. The van der Waals surface area contributed by atoms with Crippen molar-refractivity contribution in [2.75, 3.05) is 39.5 Å². The summed E-state index contributed by atoms with van der Waals surface area (Å²) in [5.41, 5.74) is 2.76. The van der Waals surface area contributed by atoms with Gasteiger partial charge in [-0.25, -0.2) is 0 Å². The average molecular weight is 395 g/mol. The lowest BCUT2D eigenvalue weighted by Gasteiger charge is -2.34. The Balaban J connectivity index is 1.23. The van der Waals surface area contributed by atoms with E-state index in [9.17, 15) is 9.59 Å². The molecule has 0 aromatic heterocycles. The SMILES string of the molecule is Cc1cccc(C(=O)NCC(=O)N2CCN(Cc3ccc4c(c3)OCO4)CC2)c1. The first-order valence-electron chi connectivity index (χ1n) is 9.82. The Kier molecular flexibility index (Phi) is 5.67. The molecule has 0 saturated carbocycles. The first-order chi connectivity index (χ1) is 14.1. The van der Waals surface area contributed by atoms with E-state index in [4.69, 9.17) is 9.47 Å². The fraction of sp³-hybridized carbons (Fsp3) is 0.364. The highest BCUT2D eigenvalue weighted by atomic mass is 16.7. The molecule has 2 aromatic carbocycles. The van der Waals surface area contributed by atoms with E-state index in [2.05, 4.69) is 10.2 Å². The summed E-state index contributed by atoms with van der Waals surface area (Å²) in [5, 5.41) is 2.73. The van der Waals surface area contributed by atoms with Crippen LogP contribution in [0.4, 0.5) is 0 Å². The molecule has 0 aliphatic carbocycles. The third kappa shape index (κ3) is 4.68. The Hall–Kier alpha value is -3.06. The number of amides is 2. The number of carbonyl (C=O) groups is 2. The lowest BCUT2D eigenvalue weighted by molar-refractivity contribution is -0.131. The van der Waals surface area contributed by atoms with Crippen LogP contribution in [0.25, 0.3) is 0 Å². The number of carbonyl (C=O) groups excluding carboxylic acids is 2. The first kappa shape index (κ1) is 19.3. The van der Waals surface area contributed by atoms with Gasteiger partial charge in [0, 0.05) is 38.3 Å². The number of fused-ring (bicyclic) bond motifs is 1. The Bertz CT molecular complexity index is 907. The Morgan fingerprint density at radius 3 is 2.59 bits per heavy atom. The zero-order valence-corrected chi connectivity index (χ0v) is 16.5. The highest BCUT2D eigenvalue weighted by Crippen LogP contribution is 2.32. The third-order valence-corrected chi connectivity index (χ3v) is 5.25. The number of rotatable bonds is 5. The van der Waals surface area contributed by atoms with Gasteiger partial charge in [-0.05, 0) is 36.8 Å². The van der Waals surface area contributed by atoms with E-state index in [0.717, 1.165) is 36.7 Å². The lowest BCUT2D eigenvalue weighted by atomic mass is 10.1. The second kappa shape index (κ2) is 8.53. The molecule has 29 heavy (non-hydrogen) atoms. The number of hydrogen-bond acceptors (Lipinski definition) is 5. The van der Waals surface area contributed by atoms with E-state index >= 15 is 0 Å². The number of nitrogens with zero attached hydrogens (tertiary/aromatic N) is 2. The van der Waals surface area contributed by atoms with E-state index in [1.54, 1.807) is 6.07 Å². The summed E-state index contributed by atoms with van der Waals surface area (Å²) in [6.45, 7) is 5.95. The summed E-state index contributed by atoms with van der Waals surface area (Å²) < 4.78 is 10.8. The van der Waals surface area contributed by atoms with Gasteiger partial charge in [0.2, 0.25) is 12.7 Å². The van der Waals surface area contributed by atoms with E-state index in [0.29, 0.717) is 18.7 Å². The molecule has 7 nitrogen and oxygen atoms in total. The molecule has 0 unspecified atom stereocenters. The average Bonchev–Trinajstić information content (AvgIpc) is 3.20. The van der Waals surface area contributed by atoms with Crippen molar-refractivity contribution >= 4 is 11.8 Å². The number of aryl methyl sites for hydroxylation is 1. The predicted molar refractivity (Wildman–Crippen MR) is 108 cm³/mol. The van der Waals surface area contributed by atoms with Crippen LogP contribution < -0.4 is 14.8 Å². The molecule has 0 spiro atoms. The highest BCUT2D eigenvalue weighted by Gasteiger charge is 2.22.